The maximum Gasteiger partial charge on any atom is 0.472 e. The first-order valence-electron chi connectivity index (χ1n) is 23.6. The molecule has 14 nitrogen and oxygen atoms in total. The lowest BCUT2D eigenvalue weighted by Gasteiger charge is -2.41. The van der Waals surface area contributed by atoms with Crippen molar-refractivity contribution < 1.29 is 67.8 Å². The van der Waals surface area contributed by atoms with E-state index in [0.29, 0.717) is 25.0 Å². The Morgan fingerprint density at radius 3 is 1.60 bits per heavy atom. The zero-order chi connectivity index (χ0) is 44.0. The Kier molecular flexibility index (Phi) is 30.2. The third kappa shape index (κ3) is 25.0. The minimum absolute atomic E-state index is 0.0795. The smallest absolute Gasteiger partial charge is 0.462 e. The number of epoxide rings is 1. The highest BCUT2D eigenvalue weighted by Crippen LogP contribution is 2.47. The van der Waals surface area contributed by atoms with E-state index in [2.05, 4.69) is 26.0 Å². The van der Waals surface area contributed by atoms with Gasteiger partial charge in [-0.3, -0.25) is 18.6 Å². The van der Waals surface area contributed by atoms with Crippen molar-refractivity contribution in [2.24, 2.45) is 0 Å². The van der Waals surface area contributed by atoms with E-state index in [1.54, 1.807) is 0 Å². The normalized spacial score (nSPS) is 25.6. The lowest BCUT2D eigenvalue weighted by Crippen LogP contribution is -2.64. The van der Waals surface area contributed by atoms with E-state index < -0.39 is 75.7 Å². The van der Waals surface area contributed by atoms with Crippen molar-refractivity contribution in [3.63, 3.8) is 0 Å². The minimum atomic E-state index is -5.12. The first kappa shape index (κ1) is 54.7. The van der Waals surface area contributed by atoms with Crippen LogP contribution in [0.3, 0.4) is 0 Å². The number of hydrogen-bond donors (Lipinski definition) is 6. The maximum atomic E-state index is 12.8. The van der Waals surface area contributed by atoms with E-state index in [0.717, 1.165) is 64.2 Å². The van der Waals surface area contributed by atoms with Crippen LogP contribution in [0.1, 0.15) is 194 Å². The average Bonchev–Trinajstić information content (AvgIpc) is 3.98. The molecular formula is C45H83O14P. The van der Waals surface area contributed by atoms with Crippen LogP contribution in [-0.2, 0) is 37.4 Å². The van der Waals surface area contributed by atoms with Crippen molar-refractivity contribution in [1.29, 1.82) is 0 Å². The zero-order valence-corrected chi connectivity index (χ0v) is 37.9. The van der Waals surface area contributed by atoms with E-state index >= 15 is 0 Å². The fourth-order valence-electron chi connectivity index (χ4n) is 7.59. The fourth-order valence-corrected chi connectivity index (χ4v) is 8.56. The Morgan fingerprint density at radius 1 is 0.583 bits per heavy atom. The Hall–Kier alpha value is -1.45. The van der Waals surface area contributed by atoms with Crippen molar-refractivity contribution >= 4 is 19.8 Å². The van der Waals surface area contributed by atoms with Crippen molar-refractivity contribution in [1.82, 2.24) is 0 Å². The maximum absolute atomic E-state index is 12.8. The predicted molar refractivity (Wildman–Crippen MR) is 230 cm³/mol. The van der Waals surface area contributed by atoms with Gasteiger partial charge in [-0.05, 0) is 38.5 Å². The van der Waals surface area contributed by atoms with Crippen LogP contribution >= 0.6 is 7.82 Å². The number of unbranched alkanes of at least 4 members (excludes halogenated alkanes) is 21. The van der Waals surface area contributed by atoms with E-state index in [9.17, 15) is 44.6 Å². The molecule has 1 heterocycles. The number of phosphoric acid groups is 1. The summed E-state index contributed by atoms with van der Waals surface area (Å²) in [5.74, 6) is -1.11. The first-order chi connectivity index (χ1) is 28.9. The van der Waals surface area contributed by atoms with Gasteiger partial charge < -0.3 is 44.6 Å². The number of carbonyl (C=O) groups is 2. The monoisotopic (exact) mass is 879 g/mol. The molecule has 352 valence electrons. The molecule has 1 saturated carbocycles. The summed E-state index contributed by atoms with van der Waals surface area (Å²) in [6.07, 6.45) is 21.5. The summed E-state index contributed by atoms with van der Waals surface area (Å²) in [7, 11) is -5.12. The van der Waals surface area contributed by atoms with Crippen LogP contribution in [0.4, 0.5) is 0 Å². The van der Waals surface area contributed by atoms with E-state index in [1.807, 2.05) is 0 Å². The van der Waals surface area contributed by atoms with Gasteiger partial charge >= 0.3 is 19.8 Å². The van der Waals surface area contributed by atoms with Crippen LogP contribution in [0.5, 0.6) is 0 Å². The molecule has 2 fully saturated rings. The summed E-state index contributed by atoms with van der Waals surface area (Å²) in [5, 5.41) is 50.2. The standard InChI is InChI=1S/C45H83O14P/c1-3-5-7-8-9-10-11-12-13-14-15-16-20-23-27-31-38(46)55-33-35(34-56-60(53,54)59-45-43(51)41(49)40(48)42(50)44(45)52)57-39(47)32-28-24-21-18-17-19-22-26-30-37-36(58-37)29-25-6-4-2/h22,26,35-37,40-45,48-52H,3-21,23-25,27-34H2,1-2H3,(H,53,54)/b26-22-. The Balaban J connectivity index is 1.69. The molecule has 0 aromatic carbocycles. The van der Waals surface area contributed by atoms with Gasteiger partial charge in [0.15, 0.2) is 6.10 Å². The van der Waals surface area contributed by atoms with E-state index in [4.69, 9.17) is 23.3 Å². The number of rotatable bonds is 38. The fraction of sp³-hybridized carbons (Fsp3) is 0.911. The van der Waals surface area contributed by atoms with Crippen LogP contribution in [0, 0.1) is 0 Å². The molecule has 0 bridgehead atoms. The van der Waals surface area contributed by atoms with Crippen molar-refractivity contribution in [2.75, 3.05) is 13.2 Å². The first-order valence-corrected chi connectivity index (χ1v) is 25.1. The average molecular weight is 879 g/mol. The van der Waals surface area contributed by atoms with Crippen LogP contribution in [0.2, 0.25) is 0 Å². The summed E-state index contributed by atoms with van der Waals surface area (Å²) in [6.45, 7) is 3.26. The molecule has 0 radical (unpaired) electrons. The van der Waals surface area contributed by atoms with Crippen molar-refractivity contribution in [3.8, 4) is 0 Å². The Labute approximate surface area is 360 Å². The number of aliphatic hydroxyl groups is 5. The molecule has 6 N–H and O–H groups in total. The number of phosphoric ester groups is 1. The van der Waals surface area contributed by atoms with E-state index in [-0.39, 0.29) is 12.8 Å². The number of allylic oxidation sites excluding steroid dienone is 1. The summed E-state index contributed by atoms with van der Waals surface area (Å²) >= 11 is 0. The molecule has 8 unspecified atom stereocenters. The molecule has 15 heteroatoms. The van der Waals surface area contributed by atoms with Gasteiger partial charge in [-0.15, -0.1) is 0 Å². The van der Waals surface area contributed by atoms with Crippen LogP contribution < -0.4 is 0 Å². The lowest BCUT2D eigenvalue weighted by molar-refractivity contribution is -0.220. The Bertz CT molecular complexity index is 1170. The van der Waals surface area contributed by atoms with Gasteiger partial charge in [-0.25, -0.2) is 4.57 Å². The third-order valence-electron chi connectivity index (χ3n) is 11.5. The second-order valence-corrected chi connectivity index (χ2v) is 18.4. The lowest BCUT2D eigenvalue weighted by atomic mass is 9.85. The highest BCUT2D eigenvalue weighted by Gasteiger charge is 2.51. The molecule has 8 atom stereocenters. The van der Waals surface area contributed by atoms with Crippen LogP contribution in [-0.4, -0.2) is 111 Å². The summed E-state index contributed by atoms with van der Waals surface area (Å²) in [5.41, 5.74) is 0. The van der Waals surface area contributed by atoms with Gasteiger partial charge in [0.1, 0.15) is 43.2 Å². The van der Waals surface area contributed by atoms with Crippen LogP contribution in [0.15, 0.2) is 12.2 Å². The molecule has 2 rings (SSSR count). The number of aliphatic hydroxyl groups excluding tert-OH is 5. The largest absolute Gasteiger partial charge is 0.472 e. The number of esters is 2. The van der Waals surface area contributed by atoms with E-state index in [1.165, 1.54) is 89.9 Å². The summed E-state index contributed by atoms with van der Waals surface area (Å²) in [6, 6.07) is 0. The number of hydrogen-bond acceptors (Lipinski definition) is 13. The molecule has 2 aliphatic rings. The van der Waals surface area contributed by atoms with Gasteiger partial charge in [-0.2, -0.15) is 0 Å². The minimum Gasteiger partial charge on any atom is -0.462 e. The highest BCUT2D eigenvalue weighted by molar-refractivity contribution is 7.47. The molecule has 0 aromatic rings. The Morgan fingerprint density at radius 2 is 1.05 bits per heavy atom. The SMILES string of the molecule is CCCCCCCCCCCCCCCCCC(=O)OCC(COP(=O)(O)OC1C(O)C(O)C(O)C(O)C1O)OC(=O)CCCCCCC/C=C\CC1OC1CCCCC. The highest BCUT2D eigenvalue weighted by atomic mass is 31.2. The molecule has 1 aliphatic heterocycles. The molecule has 60 heavy (non-hydrogen) atoms. The van der Waals surface area contributed by atoms with Crippen LogP contribution in [0.25, 0.3) is 0 Å². The summed E-state index contributed by atoms with van der Waals surface area (Å²) in [4.78, 5) is 35.7. The topological polar surface area (TPSA) is 222 Å². The summed E-state index contributed by atoms with van der Waals surface area (Å²) < 4.78 is 39.3. The number of ether oxygens (including phenoxy) is 3. The molecule has 0 amide bonds. The molecular weight excluding hydrogens is 795 g/mol. The molecule has 0 aromatic heterocycles. The molecule has 0 spiro atoms. The van der Waals surface area contributed by atoms with Crippen molar-refractivity contribution in [2.45, 2.75) is 249 Å². The van der Waals surface area contributed by atoms with Gasteiger partial charge in [-0.1, -0.05) is 154 Å². The van der Waals surface area contributed by atoms with Gasteiger partial charge in [0.2, 0.25) is 0 Å². The molecule has 1 saturated heterocycles. The predicted octanol–water partition coefficient (Wildman–Crippen LogP) is 8.05. The second kappa shape index (κ2) is 33.1. The quantitative estimate of drug-likeness (QED) is 0.0114. The molecule has 1 aliphatic carbocycles. The number of carbonyl (C=O) groups excluding carboxylic acids is 2. The van der Waals surface area contributed by atoms with Gasteiger partial charge in [0, 0.05) is 12.8 Å². The zero-order valence-electron chi connectivity index (χ0n) is 37.0. The van der Waals surface area contributed by atoms with Crippen molar-refractivity contribution in [3.05, 3.63) is 12.2 Å². The second-order valence-electron chi connectivity index (χ2n) is 17.0. The van der Waals surface area contributed by atoms with Gasteiger partial charge in [0.05, 0.1) is 18.8 Å². The van der Waals surface area contributed by atoms with Gasteiger partial charge in [0.25, 0.3) is 0 Å². The third-order valence-corrected chi connectivity index (χ3v) is 12.5.